The molecule has 4 amide bonds. The molecule has 2 aliphatic rings. The number of carbonyl (C=O) groups is 4. The minimum Gasteiger partial charge on any atom is -0.296 e. The largest absolute Gasteiger partial charge is 0.296 e. The molecule has 0 aliphatic carbocycles. The Hall–Kier alpha value is -3.61. The van der Waals surface area contributed by atoms with Crippen molar-refractivity contribution in [1.29, 1.82) is 0 Å². The summed E-state index contributed by atoms with van der Waals surface area (Å²) in [5.74, 6) is -2.65. The van der Waals surface area contributed by atoms with Crippen LogP contribution in [0, 0.1) is 5.92 Å². The normalized spacial score (nSPS) is 21.3. The SMILES string of the molecule is O=C1C/C(=C(/c2ccccc2-c2ccccn2)C2CC(=O)NC2=O)C(=O)N1. The van der Waals surface area contributed by atoms with E-state index in [0.717, 1.165) is 5.56 Å². The fourth-order valence-electron chi connectivity index (χ4n) is 3.52. The van der Waals surface area contributed by atoms with Gasteiger partial charge in [0, 0.05) is 23.8 Å². The van der Waals surface area contributed by atoms with Crippen LogP contribution >= 0.6 is 0 Å². The molecule has 2 N–H and O–H groups in total. The molecule has 0 radical (unpaired) electrons. The number of hydrogen-bond acceptors (Lipinski definition) is 5. The molecule has 1 aromatic carbocycles. The molecule has 27 heavy (non-hydrogen) atoms. The Bertz CT molecular complexity index is 1010. The molecule has 7 nitrogen and oxygen atoms in total. The average molecular weight is 361 g/mol. The summed E-state index contributed by atoms with van der Waals surface area (Å²) in [7, 11) is 0. The van der Waals surface area contributed by atoms with Gasteiger partial charge in [-0.05, 0) is 23.3 Å². The Labute approximate surface area is 154 Å². The molecule has 1 aromatic heterocycles. The Morgan fingerprint density at radius 1 is 0.926 bits per heavy atom. The summed E-state index contributed by atoms with van der Waals surface area (Å²) in [6.45, 7) is 0. The van der Waals surface area contributed by atoms with Crippen molar-refractivity contribution in [2.75, 3.05) is 0 Å². The third kappa shape index (κ3) is 3.03. The molecule has 0 spiro atoms. The highest BCUT2D eigenvalue weighted by Crippen LogP contribution is 2.39. The number of rotatable bonds is 3. The lowest BCUT2D eigenvalue weighted by molar-refractivity contribution is -0.126. The molecule has 1 unspecified atom stereocenters. The standard InChI is InChI=1S/C20H15N3O4/c24-16-9-13(19(26)22-16)18(14-10-17(25)23-20(14)27)12-6-2-1-5-11(12)15-7-3-4-8-21-15/h1-8,13H,9-10H2,(H,22,24,26)(H,23,25,27)/b18-14+. The molecule has 2 aliphatic heterocycles. The van der Waals surface area contributed by atoms with Crippen molar-refractivity contribution in [3.05, 3.63) is 59.8 Å². The summed E-state index contributed by atoms with van der Waals surface area (Å²) in [6, 6.07) is 12.7. The van der Waals surface area contributed by atoms with Crippen molar-refractivity contribution in [2.45, 2.75) is 12.8 Å². The van der Waals surface area contributed by atoms with Crippen LogP contribution in [0.3, 0.4) is 0 Å². The number of nitrogens with zero attached hydrogens (tertiary/aromatic N) is 1. The molecule has 0 bridgehead atoms. The lowest BCUT2D eigenvalue weighted by Crippen LogP contribution is -2.24. The first-order chi connectivity index (χ1) is 13.0. The van der Waals surface area contributed by atoms with Crippen LogP contribution in [-0.2, 0) is 19.2 Å². The third-order valence-electron chi connectivity index (χ3n) is 4.66. The van der Waals surface area contributed by atoms with Gasteiger partial charge in [-0.1, -0.05) is 30.3 Å². The van der Waals surface area contributed by atoms with Crippen molar-refractivity contribution in [2.24, 2.45) is 5.92 Å². The van der Waals surface area contributed by atoms with E-state index in [1.165, 1.54) is 0 Å². The van der Waals surface area contributed by atoms with Crippen molar-refractivity contribution in [3.8, 4) is 11.3 Å². The van der Waals surface area contributed by atoms with Crippen LogP contribution in [0.15, 0.2) is 54.2 Å². The van der Waals surface area contributed by atoms with Crippen molar-refractivity contribution >= 4 is 29.2 Å². The number of amides is 4. The van der Waals surface area contributed by atoms with Crippen LogP contribution in [0.4, 0.5) is 0 Å². The maximum absolute atomic E-state index is 12.4. The van der Waals surface area contributed by atoms with Gasteiger partial charge in [-0.3, -0.25) is 34.8 Å². The highest BCUT2D eigenvalue weighted by atomic mass is 16.2. The van der Waals surface area contributed by atoms with Gasteiger partial charge in [0.2, 0.25) is 17.7 Å². The Morgan fingerprint density at radius 2 is 1.70 bits per heavy atom. The van der Waals surface area contributed by atoms with E-state index >= 15 is 0 Å². The maximum Gasteiger partial charge on any atom is 0.254 e. The maximum atomic E-state index is 12.4. The Morgan fingerprint density at radius 3 is 2.33 bits per heavy atom. The lowest BCUT2D eigenvalue weighted by Gasteiger charge is -2.18. The summed E-state index contributed by atoms with van der Waals surface area (Å²) in [5.41, 5.74) is 2.63. The van der Waals surface area contributed by atoms with E-state index in [-0.39, 0.29) is 18.4 Å². The molecule has 3 heterocycles. The summed E-state index contributed by atoms with van der Waals surface area (Å²) >= 11 is 0. The predicted molar refractivity (Wildman–Crippen MR) is 95.6 cm³/mol. The highest BCUT2D eigenvalue weighted by molar-refractivity contribution is 6.20. The van der Waals surface area contributed by atoms with E-state index in [4.69, 9.17) is 0 Å². The van der Waals surface area contributed by atoms with Crippen LogP contribution in [0.5, 0.6) is 0 Å². The van der Waals surface area contributed by atoms with Crippen LogP contribution in [0.2, 0.25) is 0 Å². The summed E-state index contributed by atoms with van der Waals surface area (Å²) in [5, 5.41) is 4.54. The number of aromatic nitrogens is 1. The van der Waals surface area contributed by atoms with Crippen molar-refractivity contribution in [1.82, 2.24) is 15.6 Å². The second-order valence-electron chi connectivity index (χ2n) is 6.38. The van der Waals surface area contributed by atoms with Gasteiger partial charge in [0.15, 0.2) is 0 Å². The van der Waals surface area contributed by atoms with Crippen LogP contribution in [0.25, 0.3) is 16.8 Å². The van der Waals surface area contributed by atoms with Gasteiger partial charge in [-0.2, -0.15) is 0 Å². The number of nitrogens with one attached hydrogen (secondary N) is 2. The monoisotopic (exact) mass is 361 g/mol. The van der Waals surface area contributed by atoms with Crippen molar-refractivity contribution in [3.63, 3.8) is 0 Å². The molecule has 134 valence electrons. The van der Waals surface area contributed by atoms with E-state index in [9.17, 15) is 19.2 Å². The molecule has 0 saturated carbocycles. The zero-order valence-corrected chi connectivity index (χ0v) is 14.2. The molecule has 2 saturated heterocycles. The number of benzene rings is 1. The second kappa shape index (κ2) is 6.60. The first-order valence-electron chi connectivity index (χ1n) is 8.46. The Balaban J connectivity index is 1.95. The molecule has 2 fully saturated rings. The fourth-order valence-corrected chi connectivity index (χ4v) is 3.52. The van der Waals surface area contributed by atoms with Gasteiger partial charge in [0.1, 0.15) is 0 Å². The first kappa shape index (κ1) is 16.8. The van der Waals surface area contributed by atoms with E-state index in [2.05, 4.69) is 15.6 Å². The van der Waals surface area contributed by atoms with E-state index in [1.54, 1.807) is 24.4 Å². The first-order valence-corrected chi connectivity index (χ1v) is 8.46. The van der Waals surface area contributed by atoms with Gasteiger partial charge in [0.25, 0.3) is 5.91 Å². The fraction of sp³-hybridized carbons (Fsp3) is 0.150. The van der Waals surface area contributed by atoms with Crippen LogP contribution < -0.4 is 10.6 Å². The summed E-state index contributed by atoms with van der Waals surface area (Å²) in [4.78, 5) is 52.7. The van der Waals surface area contributed by atoms with Crippen molar-refractivity contribution < 1.29 is 19.2 Å². The smallest absolute Gasteiger partial charge is 0.254 e. The molecule has 1 atom stereocenters. The Kier molecular flexibility index (Phi) is 4.12. The summed E-state index contributed by atoms with van der Waals surface area (Å²) in [6.07, 6.45) is 1.47. The minimum atomic E-state index is -0.825. The van der Waals surface area contributed by atoms with E-state index < -0.39 is 29.5 Å². The topological polar surface area (TPSA) is 105 Å². The third-order valence-corrected chi connectivity index (χ3v) is 4.66. The van der Waals surface area contributed by atoms with Gasteiger partial charge < -0.3 is 0 Å². The average Bonchev–Trinajstić information content (AvgIpc) is 3.17. The minimum absolute atomic E-state index is 0.0598. The molecule has 4 rings (SSSR count). The quantitative estimate of drug-likeness (QED) is 0.632. The summed E-state index contributed by atoms with van der Waals surface area (Å²) < 4.78 is 0. The molecular formula is C20H15N3O4. The van der Waals surface area contributed by atoms with Crippen LogP contribution in [0.1, 0.15) is 18.4 Å². The second-order valence-corrected chi connectivity index (χ2v) is 6.38. The van der Waals surface area contributed by atoms with Gasteiger partial charge >= 0.3 is 0 Å². The van der Waals surface area contributed by atoms with Gasteiger partial charge in [-0.25, -0.2) is 0 Å². The van der Waals surface area contributed by atoms with E-state index in [0.29, 0.717) is 16.8 Å². The number of hydrogen-bond donors (Lipinski definition) is 2. The van der Waals surface area contributed by atoms with E-state index in [1.807, 2.05) is 24.3 Å². The number of imide groups is 2. The molecule has 7 heteroatoms. The van der Waals surface area contributed by atoms with Crippen LogP contribution in [-0.4, -0.2) is 28.6 Å². The predicted octanol–water partition coefficient (Wildman–Crippen LogP) is 1.21. The lowest BCUT2D eigenvalue weighted by atomic mass is 9.83. The zero-order valence-electron chi connectivity index (χ0n) is 14.2. The zero-order chi connectivity index (χ0) is 19.0. The molecular weight excluding hydrogens is 346 g/mol. The number of pyridine rings is 1. The van der Waals surface area contributed by atoms with Gasteiger partial charge in [0.05, 0.1) is 18.0 Å². The highest BCUT2D eigenvalue weighted by Gasteiger charge is 2.39. The number of carbonyl (C=O) groups excluding carboxylic acids is 4. The van der Waals surface area contributed by atoms with Gasteiger partial charge in [-0.15, -0.1) is 0 Å². The molecule has 2 aromatic rings.